The zero-order valence-electron chi connectivity index (χ0n) is 14.9. The van der Waals surface area contributed by atoms with E-state index >= 15 is 0 Å². The van der Waals surface area contributed by atoms with Gasteiger partial charge in [0, 0.05) is 12.0 Å². The molecule has 2 nitrogen and oxygen atoms in total. The molecular formula is C19H37NO. The molecular weight excluding hydrogens is 258 g/mol. The van der Waals surface area contributed by atoms with Crippen LogP contribution >= 0.6 is 0 Å². The van der Waals surface area contributed by atoms with Crippen molar-refractivity contribution in [1.29, 1.82) is 0 Å². The maximum atomic E-state index is 6.15. The summed E-state index contributed by atoms with van der Waals surface area (Å²) in [5, 5.41) is 3.93. The first kappa shape index (κ1) is 17.3. The number of ether oxygens (including phenoxy) is 1. The number of rotatable bonds is 6. The lowest BCUT2D eigenvalue weighted by atomic mass is 9.70. The highest BCUT2D eigenvalue weighted by Crippen LogP contribution is 2.41. The highest BCUT2D eigenvalue weighted by molar-refractivity contribution is 4.96. The molecule has 0 amide bonds. The number of hydrogen-bond donors (Lipinski definition) is 1. The van der Waals surface area contributed by atoms with Gasteiger partial charge in [-0.2, -0.15) is 0 Å². The van der Waals surface area contributed by atoms with Gasteiger partial charge in [-0.05, 0) is 57.4 Å². The maximum Gasteiger partial charge on any atom is 0.0597 e. The molecule has 1 aliphatic heterocycles. The van der Waals surface area contributed by atoms with Crippen LogP contribution in [-0.2, 0) is 4.74 Å². The largest absolute Gasteiger partial charge is 0.375 e. The van der Waals surface area contributed by atoms with Gasteiger partial charge in [-0.3, -0.25) is 0 Å². The Morgan fingerprint density at radius 1 is 1.10 bits per heavy atom. The molecule has 2 rings (SSSR count). The fraction of sp³-hybridized carbons (Fsp3) is 1.00. The van der Waals surface area contributed by atoms with Gasteiger partial charge >= 0.3 is 0 Å². The van der Waals surface area contributed by atoms with Crippen LogP contribution in [-0.4, -0.2) is 24.8 Å². The van der Waals surface area contributed by atoms with Gasteiger partial charge in [-0.25, -0.2) is 0 Å². The summed E-state index contributed by atoms with van der Waals surface area (Å²) in [7, 11) is 0. The smallest absolute Gasteiger partial charge is 0.0597 e. The molecule has 0 aromatic carbocycles. The molecule has 1 aliphatic carbocycles. The van der Waals surface area contributed by atoms with Gasteiger partial charge in [0.15, 0.2) is 0 Å². The lowest BCUT2D eigenvalue weighted by Crippen LogP contribution is -2.48. The SMILES string of the molecule is CCCNC(C1CCCC(CC)C1)C1C(C)OC(C)C1C. The molecule has 2 fully saturated rings. The van der Waals surface area contributed by atoms with Crippen LogP contribution in [0.3, 0.4) is 0 Å². The Hall–Kier alpha value is -0.0800. The summed E-state index contributed by atoms with van der Waals surface area (Å²) in [6, 6.07) is 0.661. The highest BCUT2D eigenvalue weighted by Gasteiger charge is 2.44. The summed E-state index contributed by atoms with van der Waals surface area (Å²) in [5.74, 6) is 3.18. The summed E-state index contributed by atoms with van der Waals surface area (Å²) in [6.45, 7) is 12.8. The van der Waals surface area contributed by atoms with E-state index in [1.165, 1.54) is 38.5 Å². The van der Waals surface area contributed by atoms with Crippen LogP contribution in [0.15, 0.2) is 0 Å². The van der Waals surface area contributed by atoms with Crippen LogP contribution in [0.2, 0.25) is 0 Å². The van der Waals surface area contributed by atoms with Crippen LogP contribution in [0.1, 0.15) is 73.1 Å². The maximum absolute atomic E-state index is 6.15. The van der Waals surface area contributed by atoms with E-state index in [9.17, 15) is 0 Å². The summed E-state index contributed by atoms with van der Waals surface area (Å²) < 4.78 is 6.15. The average molecular weight is 296 g/mol. The van der Waals surface area contributed by atoms with Crippen molar-refractivity contribution in [2.24, 2.45) is 23.7 Å². The van der Waals surface area contributed by atoms with Crippen LogP contribution in [0.4, 0.5) is 0 Å². The number of hydrogen-bond acceptors (Lipinski definition) is 2. The van der Waals surface area contributed by atoms with Crippen LogP contribution in [0, 0.1) is 23.7 Å². The summed E-state index contributed by atoms with van der Waals surface area (Å²) in [4.78, 5) is 0. The molecule has 0 spiro atoms. The Bertz CT molecular complexity index is 306. The lowest BCUT2D eigenvalue weighted by molar-refractivity contribution is 0.0413. The monoisotopic (exact) mass is 295 g/mol. The molecule has 1 saturated carbocycles. The van der Waals surface area contributed by atoms with Crippen LogP contribution in [0.25, 0.3) is 0 Å². The summed E-state index contributed by atoms with van der Waals surface area (Å²) in [5.41, 5.74) is 0. The average Bonchev–Trinajstić information content (AvgIpc) is 2.74. The van der Waals surface area contributed by atoms with Gasteiger partial charge in [0.1, 0.15) is 0 Å². The van der Waals surface area contributed by atoms with Crippen molar-refractivity contribution in [3.8, 4) is 0 Å². The third-order valence-corrected chi connectivity index (χ3v) is 6.27. The quantitative estimate of drug-likeness (QED) is 0.771. The van der Waals surface area contributed by atoms with Gasteiger partial charge in [0.25, 0.3) is 0 Å². The van der Waals surface area contributed by atoms with E-state index in [2.05, 4.69) is 39.9 Å². The van der Waals surface area contributed by atoms with E-state index in [4.69, 9.17) is 4.74 Å². The molecule has 7 unspecified atom stereocenters. The van der Waals surface area contributed by atoms with Gasteiger partial charge < -0.3 is 10.1 Å². The zero-order chi connectivity index (χ0) is 15.4. The first-order valence-corrected chi connectivity index (χ1v) is 9.47. The Balaban J connectivity index is 2.09. The van der Waals surface area contributed by atoms with Crippen molar-refractivity contribution < 1.29 is 4.74 Å². The topological polar surface area (TPSA) is 21.3 Å². The van der Waals surface area contributed by atoms with Crippen LogP contribution < -0.4 is 5.32 Å². The molecule has 0 aromatic rings. The fourth-order valence-electron chi connectivity index (χ4n) is 4.87. The van der Waals surface area contributed by atoms with Crippen molar-refractivity contribution in [2.75, 3.05) is 6.54 Å². The van der Waals surface area contributed by atoms with E-state index in [-0.39, 0.29) is 0 Å². The molecule has 7 atom stereocenters. The number of nitrogens with one attached hydrogen (secondary N) is 1. The van der Waals surface area contributed by atoms with Gasteiger partial charge in [-0.15, -0.1) is 0 Å². The second-order valence-corrected chi connectivity index (χ2v) is 7.66. The van der Waals surface area contributed by atoms with E-state index < -0.39 is 0 Å². The normalized spacial score (nSPS) is 42.1. The predicted molar refractivity (Wildman–Crippen MR) is 90.5 cm³/mol. The first-order chi connectivity index (χ1) is 10.1. The van der Waals surface area contributed by atoms with Gasteiger partial charge in [-0.1, -0.05) is 40.0 Å². The second kappa shape index (κ2) is 7.97. The summed E-state index contributed by atoms with van der Waals surface area (Å²) in [6.07, 6.45) is 9.15. The van der Waals surface area contributed by atoms with E-state index in [0.717, 1.165) is 18.4 Å². The van der Waals surface area contributed by atoms with Crippen LogP contribution in [0.5, 0.6) is 0 Å². The van der Waals surface area contributed by atoms with Gasteiger partial charge in [0.2, 0.25) is 0 Å². The van der Waals surface area contributed by atoms with E-state index in [1.54, 1.807) is 0 Å². The molecule has 2 heteroatoms. The molecule has 1 heterocycles. The van der Waals surface area contributed by atoms with Crippen molar-refractivity contribution in [2.45, 2.75) is 91.4 Å². The molecule has 1 saturated heterocycles. The molecule has 21 heavy (non-hydrogen) atoms. The highest BCUT2D eigenvalue weighted by atomic mass is 16.5. The van der Waals surface area contributed by atoms with Crippen molar-refractivity contribution in [3.05, 3.63) is 0 Å². The molecule has 0 radical (unpaired) electrons. The third kappa shape index (κ3) is 4.01. The fourth-order valence-corrected chi connectivity index (χ4v) is 4.87. The molecule has 124 valence electrons. The first-order valence-electron chi connectivity index (χ1n) is 9.47. The minimum Gasteiger partial charge on any atom is -0.375 e. The Morgan fingerprint density at radius 3 is 2.43 bits per heavy atom. The lowest BCUT2D eigenvalue weighted by Gasteiger charge is -2.40. The molecule has 1 N–H and O–H groups in total. The molecule has 0 bridgehead atoms. The molecule has 2 aliphatic rings. The van der Waals surface area contributed by atoms with E-state index in [0.29, 0.717) is 30.1 Å². The minimum atomic E-state index is 0.409. The van der Waals surface area contributed by atoms with Gasteiger partial charge in [0.05, 0.1) is 12.2 Å². The van der Waals surface area contributed by atoms with Crippen molar-refractivity contribution in [1.82, 2.24) is 5.32 Å². The standard InChI is InChI=1S/C19H37NO/c1-6-11-20-19(17-10-8-9-16(7-2)12-17)18-13(3)14(4)21-15(18)5/h13-20H,6-12H2,1-5H3. The Kier molecular flexibility index (Phi) is 6.55. The Morgan fingerprint density at radius 2 is 1.86 bits per heavy atom. The van der Waals surface area contributed by atoms with E-state index in [1.807, 2.05) is 0 Å². The minimum absolute atomic E-state index is 0.409. The summed E-state index contributed by atoms with van der Waals surface area (Å²) >= 11 is 0. The van der Waals surface area contributed by atoms with Crippen molar-refractivity contribution in [3.63, 3.8) is 0 Å². The molecule has 0 aromatic heterocycles. The second-order valence-electron chi connectivity index (χ2n) is 7.66. The zero-order valence-corrected chi connectivity index (χ0v) is 14.9. The Labute approximate surface area is 132 Å². The predicted octanol–water partition coefficient (Wildman–Crippen LogP) is 4.63. The third-order valence-electron chi connectivity index (χ3n) is 6.27. The van der Waals surface area contributed by atoms with Crippen molar-refractivity contribution >= 4 is 0 Å².